The quantitative estimate of drug-likeness (QED) is 0.754. The molecule has 2 rings (SSSR count). The third-order valence-electron chi connectivity index (χ3n) is 3.08. The molecule has 0 fully saturated rings. The van der Waals surface area contributed by atoms with Crippen molar-refractivity contribution >= 4 is 10.1 Å². The lowest BCUT2D eigenvalue weighted by Gasteiger charge is -2.12. The molecule has 124 valence electrons. The van der Waals surface area contributed by atoms with Crippen LogP contribution in [0, 0.1) is 5.92 Å². The van der Waals surface area contributed by atoms with E-state index in [1.54, 1.807) is 6.07 Å². The van der Waals surface area contributed by atoms with Crippen LogP contribution in [-0.2, 0) is 27.5 Å². The van der Waals surface area contributed by atoms with E-state index < -0.39 is 10.1 Å². The third-order valence-corrected chi connectivity index (χ3v) is 3.63. The average Bonchev–Trinajstić information content (AvgIpc) is 2.47. The van der Waals surface area contributed by atoms with Gasteiger partial charge in [-0.05, 0) is 12.0 Å². The maximum atomic E-state index is 12.4. The molecule has 1 heterocycles. The first-order valence-electron chi connectivity index (χ1n) is 7.27. The Morgan fingerprint density at radius 1 is 1.22 bits per heavy atom. The molecule has 0 atom stereocenters. The highest BCUT2D eigenvalue weighted by molar-refractivity contribution is 7.85. The molecule has 0 bridgehead atoms. The van der Waals surface area contributed by atoms with Crippen molar-refractivity contribution < 1.29 is 12.6 Å². The highest BCUT2D eigenvalue weighted by atomic mass is 32.2. The molecule has 7 heteroatoms. The summed E-state index contributed by atoms with van der Waals surface area (Å²) in [6, 6.07) is 11.0. The molecule has 1 aromatic heterocycles. The van der Waals surface area contributed by atoms with Crippen LogP contribution < -0.4 is 5.56 Å². The minimum absolute atomic E-state index is 0.231. The summed E-state index contributed by atoms with van der Waals surface area (Å²) < 4.78 is 28.5. The van der Waals surface area contributed by atoms with E-state index in [2.05, 4.69) is 5.10 Å². The van der Waals surface area contributed by atoms with Crippen molar-refractivity contribution in [2.24, 2.45) is 5.92 Å². The molecule has 0 radical (unpaired) electrons. The number of hydrogen-bond donors (Lipinski definition) is 0. The normalized spacial score (nSPS) is 11.8. The summed E-state index contributed by atoms with van der Waals surface area (Å²) in [6.07, 6.45) is 0.957. The zero-order valence-corrected chi connectivity index (χ0v) is 14.2. The predicted molar refractivity (Wildman–Crippen MR) is 88.4 cm³/mol. The SMILES string of the molecule is CC(C)Cn1nc(-c2ccccc2)cc(COS(C)(=O)=O)c1=O. The Hall–Kier alpha value is -1.99. The van der Waals surface area contributed by atoms with Gasteiger partial charge in [-0.2, -0.15) is 13.5 Å². The minimum Gasteiger partial charge on any atom is -0.267 e. The first-order chi connectivity index (χ1) is 10.8. The number of benzene rings is 1. The van der Waals surface area contributed by atoms with Gasteiger partial charge >= 0.3 is 0 Å². The second-order valence-electron chi connectivity index (χ2n) is 5.77. The van der Waals surface area contributed by atoms with Crippen molar-refractivity contribution in [3.8, 4) is 11.3 Å². The fourth-order valence-electron chi connectivity index (χ4n) is 2.09. The van der Waals surface area contributed by atoms with E-state index in [0.29, 0.717) is 12.2 Å². The van der Waals surface area contributed by atoms with Crippen LogP contribution in [0.25, 0.3) is 11.3 Å². The van der Waals surface area contributed by atoms with Crippen molar-refractivity contribution in [3.05, 3.63) is 52.3 Å². The molecule has 23 heavy (non-hydrogen) atoms. The van der Waals surface area contributed by atoms with E-state index in [1.165, 1.54) is 4.68 Å². The highest BCUT2D eigenvalue weighted by Gasteiger charge is 2.13. The molecule has 6 nitrogen and oxygen atoms in total. The van der Waals surface area contributed by atoms with E-state index in [-0.39, 0.29) is 23.6 Å². The van der Waals surface area contributed by atoms with Crippen LogP contribution in [-0.4, -0.2) is 24.5 Å². The van der Waals surface area contributed by atoms with Gasteiger partial charge < -0.3 is 0 Å². The molecular weight excluding hydrogens is 316 g/mol. The van der Waals surface area contributed by atoms with Crippen LogP contribution >= 0.6 is 0 Å². The second-order valence-corrected chi connectivity index (χ2v) is 7.41. The van der Waals surface area contributed by atoms with E-state index >= 15 is 0 Å². The number of nitrogens with zero attached hydrogens (tertiary/aromatic N) is 2. The van der Waals surface area contributed by atoms with Gasteiger partial charge in [-0.1, -0.05) is 44.2 Å². The Bertz CT molecular complexity index is 827. The number of hydrogen-bond acceptors (Lipinski definition) is 5. The van der Waals surface area contributed by atoms with E-state index in [0.717, 1.165) is 11.8 Å². The maximum absolute atomic E-state index is 12.4. The molecule has 0 N–H and O–H groups in total. The molecule has 0 unspecified atom stereocenters. The van der Waals surface area contributed by atoms with Crippen molar-refractivity contribution in [1.29, 1.82) is 0 Å². The van der Waals surface area contributed by atoms with Crippen LogP contribution in [0.15, 0.2) is 41.2 Å². The molecule has 0 saturated carbocycles. The van der Waals surface area contributed by atoms with Gasteiger partial charge in [-0.15, -0.1) is 0 Å². The monoisotopic (exact) mass is 336 g/mol. The summed E-state index contributed by atoms with van der Waals surface area (Å²) in [5.74, 6) is 0.231. The molecule has 1 aromatic carbocycles. The van der Waals surface area contributed by atoms with Crippen LogP contribution in [0.4, 0.5) is 0 Å². The van der Waals surface area contributed by atoms with Gasteiger partial charge in [-0.25, -0.2) is 4.68 Å². The number of rotatable bonds is 6. The summed E-state index contributed by atoms with van der Waals surface area (Å²) in [5.41, 5.74) is 1.40. The zero-order chi connectivity index (χ0) is 17.0. The minimum atomic E-state index is -3.62. The lowest BCUT2D eigenvalue weighted by molar-refractivity contribution is 0.307. The topological polar surface area (TPSA) is 78.3 Å². The summed E-state index contributed by atoms with van der Waals surface area (Å²) in [6.45, 7) is 4.12. The van der Waals surface area contributed by atoms with Crippen molar-refractivity contribution in [2.75, 3.05) is 6.26 Å². The summed E-state index contributed by atoms with van der Waals surface area (Å²) in [4.78, 5) is 12.4. The standard InChI is InChI=1S/C16H20N2O4S/c1-12(2)10-18-16(19)14(11-22-23(3,20)21)9-15(17-18)13-7-5-4-6-8-13/h4-9,12H,10-11H2,1-3H3. The Morgan fingerprint density at radius 2 is 1.87 bits per heavy atom. The number of aromatic nitrogens is 2. The largest absolute Gasteiger partial charge is 0.272 e. The second kappa shape index (κ2) is 7.06. The van der Waals surface area contributed by atoms with Gasteiger partial charge in [0, 0.05) is 17.7 Å². The van der Waals surface area contributed by atoms with Crippen LogP contribution in [0.2, 0.25) is 0 Å². The van der Waals surface area contributed by atoms with Gasteiger partial charge in [0.15, 0.2) is 0 Å². The van der Waals surface area contributed by atoms with E-state index in [4.69, 9.17) is 4.18 Å². The molecular formula is C16H20N2O4S. The molecule has 0 amide bonds. The van der Waals surface area contributed by atoms with E-state index in [1.807, 2.05) is 44.2 Å². The molecule has 0 aliphatic heterocycles. The highest BCUT2D eigenvalue weighted by Crippen LogP contribution is 2.16. The Morgan fingerprint density at radius 3 is 2.43 bits per heavy atom. The third kappa shape index (κ3) is 5.01. The van der Waals surface area contributed by atoms with Crippen LogP contribution in [0.3, 0.4) is 0 Å². The van der Waals surface area contributed by atoms with Gasteiger partial charge in [0.05, 0.1) is 18.6 Å². The maximum Gasteiger partial charge on any atom is 0.272 e. The van der Waals surface area contributed by atoms with Crippen LogP contribution in [0.5, 0.6) is 0 Å². The van der Waals surface area contributed by atoms with Crippen molar-refractivity contribution in [2.45, 2.75) is 27.0 Å². The lowest BCUT2D eigenvalue weighted by atomic mass is 10.1. The molecule has 0 saturated heterocycles. The van der Waals surface area contributed by atoms with Gasteiger partial charge in [0.2, 0.25) is 0 Å². The Kier molecular flexibility index (Phi) is 5.33. The molecule has 0 spiro atoms. The Balaban J connectivity index is 2.49. The molecule has 0 aliphatic rings. The predicted octanol–water partition coefficient (Wildman–Crippen LogP) is 2.04. The van der Waals surface area contributed by atoms with Crippen molar-refractivity contribution in [3.63, 3.8) is 0 Å². The van der Waals surface area contributed by atoms with Crippen molar-refractivity contribution in [1.82, 2.24) is 9.78 Å². The van der Waals surface area contributed by atoms with Gasteiger partial charge in [0.25, 0.3) is 15.7 Å². The zero-order valence-electron chi connectivity index (χ0n) is 13.4. The fourth-order valence-corrected chi connectivity index (χ4v) is 2.43. The molecule has 2 aromatic rings. The van der Waals surface area contributed by atoms with E-state index in [9.17, 15) is 13.2 Å². The van der Waals surface area contributed by atoms with Gasteiger partial charge in [-0.3, -0.25) is 8.98 Å². The van der Waals surface area contributed by atoms with Gasteiger partial charge in [0.1, 0.15) is 0 Å². The first kappa shape index (κ1) is 17.4. The summed E-state index contributed by atoms with van der Waals surface area (Å²) >= 11 is 0. The first-order valence-corrected chi connectivity index (χ1v) is 9.09. The van der Waals surface area contributed by atoms with Crippen LogP contribution in [0.1, 0.15) is 19.4 Å². The lowest BCUT2D eigenvalue weighted by Crippen LogP contribution is -2.29. The molecule has 0 aliphatic carbocycles. The summed E-state index contributed by atoms with van der Waals surface area (Å²) in [7, 11) is -3.62. The smallest absolute Gasteiger partial charge is 0.267 e. The fraction of sp³-hybridized carbons (Fsp3) is 0.375. The average molecular weight is 336 g/mol. The Labute approximate surface area is 135 Å². The summed E-state index contributed by atoms with van der Waals surface area (Å²) in [5, 5.41) is 4.39.